The predicted octanol–water partition coefficient (Wildman–Crippen LogP) is 3.09. The van der Waals surface area contributed by atoms with Crippen LogP contribution in [0.15, 0.2) is 12.1 Å². The van der Waals surface area contributed by atoms with Gasteiger partial charge in [-0.1, -0.05) is 0 Å². The topological polar surface area (TPSA) is 33.0 Å². The van der Waals surface area contributed by atoms with Crippen LogP contribution in [0.3, 0.4) is 0 Å². The Kier molecular flexibility index (Phi) is 3.69. The molecule has 0 saturated carbocycles. The lowest BCUT2D eigenvalue weighted by atomic mass is 10.2. The average molecular weight is 305 g/mol. The fourth-order valence-corrected chi connectivity index (χ4v) is 1.71. The van der Waals surface area contributed by atoms with Crippen LogP contribution in [-0.4, -0.2) is 6.10 Å². The molecule has 0 aliphatic rings. The maximum Gasteiger partial charge on any atom is 0.150 e. The van der Waals surface area contributed by atoms with E-state index in [9.17, 15) is 4.39 Å². The van der Waals surface area contributed by atoms with Crippen LogP contribution < -0.4 is 4.74 Å². The van der Waals surface area contributed by atoms with Gasteiger partial charge in [-0.15, -0.1) is 0 Å². The maximum atomic E-state index is 12.9. The van der Waals surface area contributed by atoms with Gasteiger partial charge in [0.25, 0.3) is 0 Å². The molecule has 1 aromatic carbocycles. The van der Waals surface area contributed by atoms with Crippen LogP contribution in [0.1, 0.15) is 19.4 Å². The fourth-order valence-electron chi connectivity index (χ4n) is 0.999. The van der Waals surface area contributed by atoms with E-state index in [1.807, 2.05) is 42.5 Å². The van der Waals surface area contributed by atoms with E-state index in [-0.39, 0.29) is 11.7 Å². The average Bonchev–Trinajstić information content (AvgIpc) is 2.08. The first-order chi connectivity index (χ1) is 6.54. The normalized spacial score (nSPS) is 10.0. The Balaban J connectivity index is 3.20. The molecule has 0 aliphatic heterocycles. The van der Waals surface area contributed by atoms with E-state index in [2.05, 4.69) is 0 Å². The molecular weight excluding hydrogens is 296 g/mol. The van der Waals surface area contributed by atoms with Crippen LogP contribution in [0, 0.1) is 20.7 Å². The number of rotatable bonds is 2. The molecule has 0 spiro atoms. The van der Waals surface area contributed by atoms with Crippen molar-refractivity contribution >= 4 is 22.6 Å². The number of halogens is 2. The predicted molar refractivity (Wildman–Crippen MR) is 59.6 cm³/mol. The van der Waals surface area contributed by atoms with Crippen molar-refractivity contribution in [2.24, 2.45) is 0 Å². The summed E-state index contributed by atoms with van der Waals surface area (Å²) in [6.45, 7) is 3.72. The molecular formula is C10H9FINO. The Morgan fingerprint density at radius 3 is 2.64 bits per heavy atom. The van der Waals surface area contributed by atoms with Crippen molar-refractivity contribution in [2.75, 3.05) is 0 Å². The summed E-state index contributed by atoms with van der Waals surface area (Å²) in [5.74, 6) is 0.0477. The third-order valence-electron chi connectivity index (χ3n) is 1.48. The van der Waals surface area contributed by atoms with E-state index in [4.69, 9.17) is 10.00 Å². The number of hydrogen-bond donors (Lipinski definition) is 0. The number of nitriles is 1. The zero-order valence-electron chi connectivity index (χ0n) is 7.84. The third-order valence-corrected chi connectivity index (χ3v) is 2.28. The van der Waals surface area contributed by atoms with Gasteiger partial charge in [0.15, 0.2) is 5.75 Å². The minimum Gasteiger partial charge on any atom is -0.489 e. The maximum absolute atomic E-state index is 12.9. The summed E-state index contributed by atoms with van der Waals surface area (Å²) in [6.07, 6.45) is -0.0268. The first kappa shape index (κ1) is 11.2. The summed E-state index contributed by atoms with van der Waals surface area (Å²) in [6, 6.07) is 4.44. The van der Waals surface area contributed by atoms with Crippen LogP contribution in [0.25, 0.3) is 0 Å². The molecule has 0 heterocycles. The third kappa shape index (κ3) is 2.58. The molecule has 4 heteroatoms. The SMILES string of the molecule is CC(C)Oc1c(I)cc(F)cc1C#N. The summed E-state index contributed by atoms with van der Waals surface area (Å²) < 4.78 is 19.0. The minimum atomic E-state index is -0.415. The second-order valence-electron chi connectivity index (χ2n) is 3.04. The van der Waals surface area contributed by atoms with Crippen molar-refractivity contribution < 1.29 is 9.13 Å². The molecule has 2 nitrogen and oxygen atoms in total. The van der Waals surface area contributed by atoms with E-state index in [0.717, 1.165) is 0 Å². The van der Waals surface area contributed by atoms with Crippen molar-refractivity contribution in [1.82, 2.24) is 0 Å². The molecule has 0 amide bonds. The zero-order valence-corrected chi connectivity index (χ0v) is 10.0. The second-order valence-corrected chi connectivity index (χ2v) is 4.20. The number of ether oxygens (including phenoxy) is 1. The highest BCUT2D eigenvalue weighted by atomic mass is 127. The molecule has 0 bridgehead atoms. The van der Waals surface area contributed by atoms with Gasteiger partial charge in [0.1, 0.15) is 11.9 Å². The lowest BCUT2D eigenvalue weighted by Gasteiger charge is -2.12. The fraction of sp³-hybridized carbons (Fsp3) is 0.300. The first-order valence-electron chi connectivity index (χ1n) is 4.10. The molecule has 0 aromatic heterocycles. The van der Waals surface area contributed by atoms with Crippen molar-refractivity contribution in [3.63, 3.8) is 0 Å². The Labute approximate surface area is 95.8 Å². The van der Waals surface area contributed by atoms with Gasteiger partial charge in [-0.3, -0.25) is 0 Å². The highest BCUT2D eigenvalue weighted by Gasteiger charge is 2.11. The van der Waals surface area contributed by atoms with Gasteiger partial charge in [0, 0.05) is 0 Å². The molecule has 1 rings (SSSR count). The highest BCUT2D eigenvalue weighted by molar-refractivity contribution is 14.1. The Morgan fingerprint density at radius 2 is 2.14 bits per heavy atom. The van der Waals surface area contributed by atoms with Crippen molar-refractivity contribution in [3.8, 4) is 11.8 Å². The van der Waals surface area contributed by atoms with E-state index >= 15 is 0 Å². The van der Waals surface area contributed by atoms with Crippen molar-refractivity contribution in [1.29, 1.82) is 5.26 Å². The summed E-state index contributed by atoms with van der Waals surface area (Å²) in [5, 5.41) is 8.78. The Morgan fingerprint density at radius 1 is 1.50 bits per heavy atom. The summed E-state index contributed by atoms with van der Waals surface area (Å²) in [4.78, 5) is 0. The van der Waals surface area contributed by atoms with Crippen LogP contribution in [0.5, 0.6) is 5.75 Å². The minimum absolute atomic E-state index is 0.0268. The van der Waals surface area contributed by atoms with Gasteiger partial charge in [-0.05, 0) is 48.6 Å². The zero-order chi connectivity index (χ0) is 10.7. The molecule has 0 N–H and O–H groups in total. The van der Waals surface area contributed by atoms with E-state index in [0.29, 0.717) is 9.32 Å². The van der Waals surface area contributed by atoms with E-state index in [1.165, 1.54) is 12.1 Å². The number of nitrogens with zero attached hydrogens (tertiary/aromatic N) is 1. The molecule has 0 saturated heterocycles. The second kappa shape index (κ2) is 4.60. The first-order valence-corrected chi connectivity index (χ1v) is 5.18. The van der Waals surface area contributed by atoms with Crippen molar-refractivity contribution in [2.45, 2.75) is 20.0 Å². The molecule has 0 aliphatic carbocycles. The van der Waals surface area contributed by atoms with Gasteiger partial charge in [0.05, 0.1) is 15.2 Å². The van der Waals surface area contributed by atoms with Gasteiger partial charge in [-0.2, -0.15) is 5.26 Å². The standard InChI is InChI=1S/C10H9FINO/c1-6(2)14-10-7(5-13)3-8(11)4-9(10)12/h3-4,6H,1-2H3. The van der Waals surface area contributed by atoms with Crippen LogP contribution in [-0.2, 0) is 0 Å². The van der Waals surface area contributed by atoms with Gasteiger partial charge < -0.3 is 4.74 Å². The molecule has 0 unspecified atom stereocenters. The summed E-state index contributed by atoms with van der Waals surface area (Å²) in [7, 11) is 0. The van der Waals surface area contributed by atoms with Gasteiger partial charge >= 0.3 is 0 Å². The largest absolute Gasteiger partial charge is 0.489 e. The summed E-state index contributed by atoms with van der Waals surface area (Å²) >= 11 is 1.95. The molecule has 74 valence electrons. The molecule has 14 heavy (non-hydrogen) atoms. The van der Waals surface area contributed by atoms with E-state index < -0.39 is 5.82 Å². The van der Waals surface area contributed by atoms with Crippen LogP contribution >= 0.6 is 22.6 Å². The van der Waals surface area contributed by atoms with Crippen LogP contribution in [0.2, 0.25) is 0 Å². The molecule has 0 atom stereocenters. The molecule has 0 radical (unpaired) electrons. The van der Waals surface area contributed by atoms with E-state index in [1.54, 1.807) is 0 Å². The lowest BCUT2D eigenvalue weighted by Crippen LogP contribution is -2.08. The smallest absolute Gasteiger partial charge is 0.150 e. The summed E-state index contributed by atoms with van der Waals surface area (Å²) in [5.41, 5.74) is 0.239. The number of hydrogen-bond acceptors (Lipinski definition) is 2. The molecule has 1 aromatic rings. The quantitative estimate of drug-likeness (QED) is 0.787. The van der Waals surface area contributed by atoms with Gasteiger partial charge in [-0.25, -0.2) is 4.39 Å². The Hall–Kier alpha value is -0.830. The van der Waals surface area contributed by atoms with Crippen LogP contribution in [0.4, 0.5) is 4.39 Å². The monoisotopic (exact) mass is 305 g/mol. The van der Waals surface area contributed by atoms with Gasteiger partial charge in [0.2, 0.25) is 0 Å². The Bertz CT molecular complexity index is 384. The highest BCUT2D eigenvalue weighted by Crippen LogP contribution is 2.27. The molecule has 0 fully saturated rings. The lowest BCUT2D eigenvalue weighted by molar-refractivity contribution is 0.239. The van der Waals surface area contributed by atoms with Crippen molar-refractivity contribution in [3.05, 3.63) is 27.1 Å². The number of benzene rings is 1.